The molecule has 1 atom stereocenters. The van der Waals surface area contributed by atoms with E-state index in [1.807, 2.05) is 26.8 Å². The van der Waals surface area contributed by atoms with E-state index in [0.29, 0.717) is 0 Å². The van der Waals surface area contributed by atoms with Gasteiger partial charge in [0.15, 0.2) is 0 Å². The lowest BCUT2D eigenvalue weighted by molar-refractivity contribution is 0.408. The lowest BCUT2D eigenvalue weighted by Crippen LogP contribution is -1.99. The molecule has 1 aromatic carbocycles. The fraction of sp³-hybridized carbons (Fsp3) is 0.417. The fourth-order valence-corrected chi connectivity index (χ4v) is 1.73. The van der Waals surface area contributed by atoms with Crippen molar-refractivity contribution in [1.82, 2.24) is 0 Å². The largest absolute Gasteiger partial charge is 0.496 e. The van der Waals surface area contributed by atoms with E-state index in [4.69, 9.17) is 10.00 Å². The second kappa shape index (κ2) is 4.15. The third-order valence-electron chi connectivity index (χ3n) is 2.34. The van der Waals surface area contributed by atoms with Gasteiger partial charge in [0, 0.05) is 5.56 Å². The first-order valence-corrected chi connectivity index (χ1v) is 4.65. The molecule has 1 unspecified atom stereocenters. The monoisotopic (exact) mass is 189 g/mol. The van der Waals surface area contributed by atoms with Crippen LogP contribution in [0.3, 0.4) is 0 Å². The van der Waals surface area contributed by atoms with E-state index in [1.165, 1.54) is 0 Å². The summed E-state index contributed by atoms with van der Waals surface area (Å²) in [6.07, 6.45) is 0. The molecule has 0 saturated heterocycles. The van der Waals surface area contributed by atoms with Crippen LogP contribution in [0, 0.1) is 25.2 Å². The normalized spacial score (nSPS) is 11.9. The molecule has 2 nitrogen and oxygen atoms in total. The Morgan fingerprint density at radius 1 is 1.36 bits per heavy atom. The molecule has 0 aliphatic rings. The molecule has 1 aromatic rings. The number of aryl methyl sites for hydroxylation is 2. The smallest absolute Gasteiger partial charge is 0.123 e. The van der Waals surface area contributed by atoms with Gasteiger partial charge in [-0.15, -0.1) is 0 Å². The molecule has 0 aliphatic heterocycles. The molecule has 74 valence electrons. The van der Waals surface area contributed by atoms with Gasteiger partial charge in [-0.3, -0.25) is 0 Å². The summed E-state index contributed by atoms with van der Waals surface area (Å²) < 4.78 is 5.28. The highest BCUT2D eigenvalue weighted by Gasteiger charge is 2.13. The minimum Gasteiger partial charge on any atom is -0.496 e. The van der Waals surface area contributed by atoms with Crippen molar-refractivity contribution >= 4 is 0 Å². The summed E-state index contributed by atoms with van der Waals surface area (Å²) in [6, 6.07) is 6.28. The summed E-state index contributed by atoms with van der Waals surface area (Å²) in [5.41, 5.74) is 3.28. The molecule has 0 amide bonds. The van der Waals surface area contributed by atoms with Gasteiger partial charge in [-0.2, -0.15) is 5.26 Å². The van der Waals surface area contributed by atoms with Crippen molar-refractivity contribution < 1.29 is 4.74 Å². The summed E-state index contributed by atoms with van der Waals surface area (Å²) >= 11 is 0. The van der Waals surface area contributed by atoms with Crippen molar-refractivity contribution in [2.75, 3.05) is 7.11 Å². The third-order valence-corrected chi connectivity index (χ3v) is 2.34. The number of nitriles is 1. The quantitative estimate of drug-likeness (QED) is 0.716. The second-order valence-corrected chi connectivity index (χ2v) is 3.55. The van der Waals surface area contributed by atoms with Crippen molar-refractivity contribution in [3.05, 3.63) is 28.8 Å². The second-order valence-electron chi connectivity index (χ2n) is 3.55. The number of nitrogens with zero attached hydrogens (tertiary/aromatic N) is 1. The molecule has 0 N–H and O–H groups in total. The Balaban J connectivity index is 3.34. The van der Waals surface area contributed by atoms with E-state index in [2.05, 4.69) is 12.1 Å². The van der Waals surface area contributed by atoms with Crippen LogP contribution in [-0.2, 0) is 0 Å². The molecule has 0 spiro atoms. The molecule has 0 aliphatic carbocycles. The highest BCUT2D eigenvalue weighted by atomic mass is 16.5. The summed E-state index contributed by atoms with van der Waals surface area (Å²) in [4.78, 5) is 0. The number of rotatable bonds is 2. The number of hydrogen-bond donors (Lipinski definition) is 0. The Morgan fingerprint density at radius 3 is 2.50 bits per heavy atom. The topological polar surface area (TPSA) is 33.0 Å². The van der Waals surface area contributed by atoms with Crippen LogP contribution in [0.5, 0.6) is 5.75 Å². The van der Waals surface area contributed by atoms with Crippen LogP contribution < -0.4 is 4.74 Å². The Labute approximate surface area is 85.1 Å². The van der Waals surface area contributed by atoms with Crippen LogP contribution >= 0.6 is 0 Å². The maximum Gasteiger partial charge on any atom is 0.123 e. The Morgan fingerprint density at radius 2 is 2.00 bits per heavy atom. The SMILES string of the molecule is COc1cc(C)cc(C)c1C(C)C#N. The van der Waals surface area contributed by atoms with E-state index in [1.54, 1.807) is 7.11 Å². The average Bonchev–Trinajstić information content (AvgIpc) is 2.15. The van der Waals surface area contributed by atoms with E-state index in [9.17, 15) is 0 Å². The molecular formula is C12H15NO. The number of benzene rings is 1. The van der Waals surface area contributed by atoms with Gasteiger partial charge in [0.25, 0.3) is 0 Å². The maximum absolute atomic E-state index is 8.90. The number of methoxy groups -OCH3 is 1. The van der Waals surface area contributed by atoms with Crippen LogP contribution in [0.1, 0.15) is 29.5 Å². The maximum atomic E-state index is 8.90. The summed E-state index contributed by atoms with van der Waals surface area (Å²) in [5, 5.41) is 8.90. The van der Waals surface area contributed by atoms with Crippen LogP contribution in [0.2, 0.25) is 0 Å². The number of ether oxygens (including phenoxy) is 1. The minimum absolute atomic E-state index is 0.120. The first kappa shape index (κ1) is 10.6. The van der Waals surface area contributed by atoms with Crippen LogP contribution in [-0.4, -0.2) is 7.11 Å². The van der Waals surface area contributed by atoms with Crippen molar-refractivity contribution in [3.8, 4) is 11.8 Å². The summed E-state index contributed by atoms with van der Waals surface area (Å²) in [6.45, 7) is 5.93. The van der Waals surface area contributed by atoms with Gasteiger partial charge in [0.1, 0.15) is 5.75 Å². The van der Waals surface area contributed by atoms with E-state index >= 15 is 0 Å². The van der Waals surface area contributed by atoms with Gasteiger partial charge in [-0.1, -0.05) is 6.07 Å². The van der Waals surface area contributed by atoms with Crippen LogP contribution in [0.4, 0.5) is 0 Å². The van der Waals surface area contributed by atoms with E-state index in [-0.39, 0.29) is 5.92 Å². The highest BCUT2D eigenvalue weighted by Crippen LogP contribution is 2.30. The fourth-order valence-electron chi connectivity index (χ4n) is 1.73. The van der Waals surface area contributed by atoms with Gasteiger partial charge in [0.05, 0.1) is 19.1 Å². The van der Waals surface area contributed by atoms with E-state index < -0.39 is 0 Å². The molecule has 0 bridgehead atoms. The standard InChI is InChI=1S/C12H15NO/c1-8-5-9(2)12(10(3)7-13)11(6-8)14-4/h5-6,10H,1-4H3. The van der Waals surface area contributed by atoms with E-state index in [0.717, 1.165) is 22.4 Å². The van der Waals surface area contributed by atoms with Crippen molar-refractivity contribution in [1.29, 1.82) is 5.26 Å². The molecule has 1 rings (SSSR count). The van der Waals surface area contributed by atoms with Gasteiger partial charge in [0.2, 0.25) is 0 Å². The van der Waals surface area contributed by atoms with Gasteiger partial charge >= 0.3 is 0 Å². The first-order valence-electron chi connectivity index (χ1n) is 4.65. The van der Waals surface area contributed by atoms with Crippen molar-refractivity contribution in [2.45, 2.75) is 26.7 Å². The molecule has 0 heterocycles. The molecule has 0 saturated carbocycles. The molecular weight excluding hydrogens is 174 g/mol. The van der Waals surface area contributed by atoms with Crippen molar-refractivity contribution in [3.63, 3.8) is 0 Å². The van der Waals surface area contributed by atoms with Crippen molar-refractivity contribution in [2.24, 2.45) is 0 Å². The zero-order valence-electron chi connectivity index (χ0n) is 9.09. The Bertz CT molecular complexity index is 377. The third kappa shape index (κ3) is 1.88. The molecule has 14 heavy (non-hydrogen) atoms. The van der Waals surface area contributed by atoms with Crippen LogP contribution in [0.25, 0.3) is 0 Å². The predicted octanol–water partition coefficient (Wildman–Crippen LogP) is 2.94. The average molecular weight is 189 g/mol. The molecule has 0 aromatic heterocycles. The first-order chi connectivity index (χ1) is 6.60. The van der Waals surface area contributed by atoms with Gasteiger partial charge in [-0.25, -0.2) is 0 Å². The molecule has 0 radical (unpaired) electrons. The summed E-state index contributed by atoms with van der Waals surface area (Å²) in [5.74, 6) is 0.696. The molecule has 2 heteroatoms. The predicted molar refractivity (Wildman–Crippen MR) is 56.5 cm³/mol. The Hall–Kier alpha value is -1.49. The van der Waals surface area contributed by atoms with Gasteiger partial charge < -0.3 is 4.74 Å². The lowest BCUT2D eigenvalue weighted by atomic mass is 9.95. The zero-order chi connectivity index (χ0) is 10.7. The molecule has 0 fully saturated rings. The van der Waals surface area contributed by atoms with Crippen LogP contribution in [0.15, 0.2) is 12.1 Å². The minimum atomic E-state index is -0.120. The lowest BCUT2D eigenvalue weighted by Gasteiger charge is -2.14. The van der Waals surface area contributed by atoms with Gasteiger partial charge in [-0.05, 0) is 38.0 Å². The zero-order valence-corrected chi connectivity index (χ0v) is 9.09. The number of hydrogen-bond acceptors (Lipinski definition) is 2. The highest BCUT2D eigenvalue weighted by molar-refractivity contribution is 5.46. The Kier molecular flexibility index (Phi) is 3.14. The summed E-state index contributed by atoms with van der Waals surface area (Å²) in [7, 11) is 1.64.